The van der Waals surface area contributed by atoms with E-state index < -0.39 is 0 Å². The zero-order chi connectivity index (χ0) is 16.9. The van der Waals surface area contributed by atoms with Crippen molar-refractivity contribution in [2.45, 2.75) is 33.1 Å². The molecule has 0 aromatic carbocycles. The van der Waals surface area contributed by atoms with Gasteiger partial charge in [0.15, 0.2) is 5.69 Å². The van der Waals surface area contributed by atoms with E-state index in [9.17, 15) is 4.79 Å². The zero-order valence-electron chi connectivity index (χ0n) is 14.4. The van der Waals surface area contributed by atoms with Gasteiger partial charge in [0.25, 0.3) is 0 Å². The molecule has 1 N–H and O–H groups in total. The molecule has 128 valence electrons. The summed E-state index contributed by atoms with van der Waals surface area (Å²) in [5, 5.41) is 3.38. The molecule has 3 rings (SSSR count). The summed E-state index contributed by atoms with van der Waals surface area (Å²) in [4.78, 5) is 20.2. The van der Waals surface area contributed by atoms with E-state index in [4.69, 9.17) is 4.74 Å². The zero-order valence-corrected chi connectivity index (χ0v) is 14.4. The third-order valence-electron chi connectivity index (χ3n) is 5.00. The van der Waals surface area contributed by atoms with E-state index in [1.54, 1.807) is 6.92 Å². The Kier molecular flexibility index (Phi) is 5.28. The average molecular weight is 327 g/mol. The van der Waals surface area contributed by atoms with Crippen LogP contribution in [0.2, 0.25) is 0 Å². The third kappa shape index (κ3) is 3.66. The second-order valence-electron chi connectivity index (χ2n) is 6.61. The molecule has 0 amide bonds. The first-order valence-electron chi connectivity index (χ1n) is 8.75. The summed E-state index contributed by atoms with van der Waals surface area (Å²) in [6.07, 6.45) is 14.0. The van der Waals surface area contributed by atoms with Crippen LogP contribution in [0.4, 0.5) is 5.82 Å². The number of nitrogens with one attached hydrogen (secondary N) is 1. The SMILES string of the molecule is CCOC(=O)c1ncnc(NC[C@H]2C[C@@H](C3C=CC=CC3)C2)c1C. The smallest absolute Gasteiger partial charge is 0.357 e. The lowest BCUT2D eigenvalue weighted by Crippen LogP contribution is -2.34. The fourth-order valence-electron chi connectivity index (χ4n) is 3.53. The Labute approximate surface area is 143 Å². The summed E-state index contributed by atoms with van der Waals surface area (Å²) in [5.41, 5.74) is 1.10. The van der Waals surface area contributed by atoms with E-state index in [1.165, 1.54) is 25.6 Å². The number of allylic oxidation sites excluding steroid dienone is 4. The van der Waals surface area contributed by atoms with Crippen molar-refractivity contribution in [1.82, 2.24) is 9.97 Å². The Morgan fingerprint density at radius 3 is 2.88 bits per heavy atom. The first-order chi connectivity index (χ1) is 11.7. The Morgan fingerprint density at radius 1 is 1.33 bits per heavy atom. The van der Waals surface area contributed by atoms with Crippen molar-refractivity contribution >= 4 is 11.8 Å². The van der Waals surface area contributed by atoms with Crippen LogP contribution < -0.4 is 5.32 Å². The lowest BCUT2D eigenvalue weighted by atomic mass is 9.67. The minimum atomic E-state index is -0.388. The maximum absolute atomic E-state index is 11.9. The van der Waals surface area contributed by atoms with Crippen molar-refractivity contribution in [1.29, 1.82) is 0 Å². The maximum Gasteiger partial charge on any atom is 0.357 e. The van der Waals surface area contributed by atoms with Crippen molar-refractivity contribution in [3.05, 3.63) is 41.9 Å². The number of esters is 1. The van der Waals surface area contributed by atoms with Crippen LogP contribution >= 0.6 is 0 Å². The number of aromatic nitrogens is 2. The fourth-order valence-corrected chi connectivity index (χ4v) is 3.53. The van der Waals surface area contributed by atoms with E-state index in [2.05, 4.69) is 39.6 Å². The van der Waals surface area contributed by atoms with E-state index in [-0.39, 0.29) is 5.97 Å². The molecule has 24 heavy (non-hydrogen) atoms. The minimum absolute atomic E-state index is 0.347. The molecule has 0 aliphatic heterocycles. The molecule has 1 fully saturated rings. The molecule has 5 nitrogen and oxygen atoms in total. The molecule has 1 aromatic rings. The number of rotatable bonds is 6. The van der Waals surface area contributed by atoms with Crippen LogP contribution in [-0.2, 0) is 4.74 Å². The lowest BCUT2D eigenvalue weighted by Gasteiger charge is -2.40. The van der Waals surface area contributed by atoms with Gasteiger partial charge in [0.2, 0.25) is 0 Å². The van der Waals surface area contributed by atoms with Crippen LogP contribution in [0.15, 0.2) is 30.6 Å². The fraction of sp³-hybridized carbons (Fsp3) is 0.526. The molecule has 1 heterocycles. The Bertz CT molecular complexity index is 648. The molecular weight excluding hydrogens is 302 g/mol. The second kappa shape index (κ2) is 7.60. The summed E-state index contributed by atoms with van der Waals surface area (Å²) in [6, 6.07) is 0. The number of hydrogen-bond donors (Lipinski definition) is 1. The van der Waals surface area contributed by atoms with Crippen molar-refractivity contribution in [2.24, 2.45) is 17.8 Å². The maximum atomic E-state index is 11.9. The van der Waals surface area contributed by atoms with Crippen LogP contribution in [0.5, 0.6) is 0 Å². The van der Waals surface area contributed by atoms with E-state index in [0.29, 0.717) is 24.1 Å². The molecule has 1 saturated carbocycles. The monoisotopic (exact) mass is 327 g/mol. The molecule has 1 unspecified atom stereocenters. The van der Waals surface area contributed by atoms with Gasteiger partial charge in [-0.1, -0.05) is 24.3 Å². The first kappa shape index (κ1) is 16.7. The van der Waals surface area contributed by atoms with Gasteiger partial charge >= 0.3 is 5.97 Å². The number of nitrogens with zero attached hydrogens (tertiary/aromatic N) is 2. The molecule has 2 aliphatic carbocycles. The molecule has 1 atom stereocenters. The highest BCUT2D eigenvalue weighted by atomic mass is 16.5. The minimum Gasteiger partial charge on any atom is -0.461 e. The van der Waals surface area contributed by atoms with E-state index >= 15 is 0 Å². The first-order valence-corrected chi connectivity index (χ1v) is 8.75. The van der Waals surface area contributed by atoms with Gasteiger partial charge in [0, 0.05) is 12.1 Å². The molecule has 5 heteroatoms. The summed E-state index contributed by atoms with van der Waals surface area (Å²) < 4.78 is 5.03. The number of carbonyl (C=O) groups excluding carboxylic acids is 1. The van der Waals surface area contributed by atoms with Gasteiger partial charge in [-0.05, 0) is 50.9 Å². The Morgan fingerprint density at radius 2 is 2.17 bits per heavy atom. The topological polar surface area (TPSA) is 64.1 Å². The van der Waals surface area contributed by atoms with Crippen molar-refractivity contribution < 1.29 is 9.53 Å². The lowest BCUT2D eigenvalue weighted by molar-refractivity contribution is 0.0518. The van der Waals surface area contributed by atoms with Crippen LogP contribution in [-0.4, -0.2) is 29.1 Å². The molecule has 0 saturated heterocycles. The van der Waals surface area contributed by atoms with Gasteiger partial charge in [-0.25, -0.2) is 14.8 Å². The largest absolute Gasteiger partial charge is 0.461 e. The Balaban J connectivity index is 1.51. The van der Waals surface area contributed by atoms with Crippen molar-refractivity contribution in [3.8, 4) is 0 Å². The van der Waals surface area contributed by atoms with Gasteiger partial charge in [-0.2, -0.15) is 0 Å². The van der Waals surface area contributed by atoms with Gasteiger partial charge < -0.3 is 10.1 Å². The normalized spacial score (nSPS) is 25.2. The molecule has 0 spiro atoms. The van der Waals surface area contributed by atoms with E-state index in [0.717, 1.165) is 23.8 Å². The highest BCUT2D eigenvalue weighted by molar-refractivity contribution is 5.90. The molecule has 0 radical (unpaired) electrons. The molecule has 1 aromatic heterocycles. The Hall–Kier alpha value is -2.17. The highest BCUT2D eigenvalue weighted by Gasteiger charge is 2.33. The number of ether oxygens (including phenoxy) is 1. The second-order valence-corrected chi connectivity index (χ2v) is 6.61. The van der Waals surface area contributed by atoms with Crippen LogP contribution in [0, 0.1) is 24.7 Å². The third-order valence-corrected chi connectivity index (χ3v) is 5.00. The number of anilines is 1. The number of carbonyl (C=O) groups is 1. The summed E-state index contributed by atoms with van der Waals surface area (Å²) in [5.74, 6) is 2.54. The van der Waals surface area contributed by atoms with E-state index in [1.807, 2.05) is 6.92 Å². The highest BCUT2D eigenvalue weighted by Crippen LogP contribution is 2.41. The predicted octanol–water partition coefficient (Wildman–Crippen LogP) is 3.53. The number of hydrogen-bond acceptors (Lipinski definition) is 5. The van der Waals surface area contributed by atoms with Crippen molar-refractivity contribution in [3.63, 3.8) is 0 Å². The van der Waals surface area contributed by atoms with Gasteiger partial charge in [-0.15, -0.1) is 0 Å². The molecular formula is C19H25N3O2. The molecule has 2 aliphatic rings. The quantitative estimate of drug-likeness (QED) is 0.810. The summed E-state index contributed by atoms with van der Waals surface area (Å²) in [7, 11) is 0. The van der Waals surface area contributed by atoms with Crippen LogP contribution in [0.25, 0.3) is 0 Å². The van der Waals surface area contributed by atoms with Gasteiger partial charge in [-0.3, -0.25) is 0 Å². The molecule has 0 bridgehead atoms. The van der Waals surface area contributed by atoms with Crippen LogP contribution in [0.1, 0.15) is 42.2 Å². The average Bonchev–Trinajstić information content (AvgIpc) is 2.56. The predicted molar refractivity (Wildman–Crippen MR) is 93.8 cm³/mol. The summed E-state index contributed by atoms with van der Waals surface area (Å²) >= 11 is 0. The van der Waals surface area contributed by atoms with Gasteiger partial charge in [0.1, 0.15) is 12.1 Å². The summed E-state index contributed by atoms with van der Waals surface area (Å²) in [6.45, 7) is 4.89. The standard InChI is InChI=1S/C19H25N3O2/c1-3-24-19(23)17-13(2)18(22-12-21-17)20-11-14-9-16(10-14)15-7-5-4-6-8-15/h4-7,12,14-16H,3,8-11H2,1-2H3,(H,20,21,22)/t14-,15?,16+. The van der Waals surface area contributed by atoms with Gasteiger partial charge in [0.05, 0.1) is 6.61 Å². The van der Waals surface area contributed by atoms with Crippen molar-refractivity contribution in [2.75, 3.05) is 18.5 Å². The van der Waals surface area contributed by atoms with Crippen LogP contribution in [0.3, 0.4) is 0 Å².